The zero-order chi connectivity index (χ0) is 19.9. The predicted octanol–water partition coefficient (Wildman–Crippen LogP) is 2.04. The van der Waals surface area contributed by atoms with Crippen LogP contribution in [0.2, 0.25) is 0 Å². The highest BCUT2D eigenvalue weighted by Crippen LogP contribution is 2.19. The lowest BCUT2D eigenvalue weighted by Gasteiger charge is -2.14. The number of benzene rings is 2. The molecule has 3 rings (SSSR count). The summed E-state index contributed by atoms with van der Waals surface area (Å²) in [6, 6.07) is 15.4. The summed E-state index contributed by atoms with van der Waals surface area (Å²) in [5.74, 6) is 0.682. The van der Waals surface area contributed by atoms with Crippen LogP contribution in [-0.2, 0) is 4.79 Å². The Morgan fingerprint density at radius 2 is 1.89 bits per heavy atom. The molecule has 0 radical (unpaired) electrons. The molecule has 146 valence electrons. The first-order valence-electron chi connectivity index (χ1n) is 8.80. The highest BCUT2D eigenvalue weighted by molar-refractivity contribution is 5.79. The van der Waals surface area contributed by atoms with E-state index >= 15 is 0 Å². The van der Waals surface area contributed by atoms with Crippen molar-refractivity contribution < 1.29 is 23.8 Å². The molecule has 2 N–H and O–H groups in total. The molecule has 0 aliphatic carbocycles. The van der Waals surface area contributed by atoms with E-state index in [9.17, 15) is 14.7 Å². The van der Waals surface area contributed by atoms with Crippen LogP contribution in [0.25, 0.3) is 11.0 Å². The first-order chi connectivity index (χ1) is 13.5. The molecule has 0 aliphatic rings. The van der Waals surface area contributed by atoms with Crippen molar-refractivity contribution in [2.75, 3.05) is 19.8 Å². The Labute approximate surface area is 161 Å². The molecule has 1 unspecified atom stereocenters. The van der Waals surface area contributed by atoms with Gasteiger partial charge in [0.2, 0.25) is 0 Å². The van der Waals surface area contributed by atoms with E-state index in [1.165, 1.54) is 6.07 Å². The van der Waals surface area contributed by atoms with Crippen LogP contribution in [-0.4, -0.2) is 36.9 Å². The van der Waals surface area contributed by atoms with Crippen molar-refractivity contribution >= 4 is 16.9 Å². The van der Waals surface area contributed by atoms with Gasteiger partial charge < -0.3 is 24.3 Å². The average Bonchev–Trinajstić information content (AvgIpc) is 2.68. The molecule has 0 saturated heterocycles. The Morgan fingerprint density at radius 3 is 2.71 bits per heavy atom. The Morgan fingerprint density at radius 1 is 1.11 bits per heavy atom. The minimum atomic E-state index is -0.848. The normalized spacial score (nSPS) is 11.8. The summed E-state index contributed by atoms with van der Waals surface area (Å²) in [6.45, 7) is 1.83. The van der Waals surface area contributed by atoms with E-state index in [2.05, 4.69) is 5.32 Å². The standard InChI is InChI=1S/C21H21NO6/c1-14-3-2-4-17(9-14)26-12-16(23)11-22-20(24)13-27-18-7-5-15-6-8-21(25)28-19(15)10-18/h2-10,16,23H,11-13H2,1H3,(H,22,24). The first-order valence-corrected chi connectivity index (χ1v) is 8.80. The third kappa shape index (κ3) is 5.59. The molecule has 0 fully saturated rings. The lowest BCUT2D eigenvalue weighted by atomic mass is 10.2. The lowest BCUT2D eigenvalue weighted by molar-refractivity contribution is -0.123. The molecule has 0 aliphatic heterocycles. The monoisotopic (exact) mass is 383 g/mol. The Balaban J connectivity index is 1.42. The molecule has 1 heterocycles. The van der Waals surface area contributed by atoms with Gasteiger partial charge in [0.15, 0.2) is 6.61 Å². The molecule has 1 aromatic heterocycles. The summed E-state index contributed by atoms with van der Waals surface area (Å²) in [7, 11) is 0. The second-order valence-corrected chi connectivity index (χ2v) is 6.33. The molecule has 7 nitrogen and oxygen atoms in total. The molecule has 0 spiro atoms. The fourth-order valence-corrected chi connectivity index (χ4v) is 2.52. The summed E-state index contributed by atoms with van der Waals surface area (Å²) in [4.78, 5) is 23.2. The maximum absolute atomic E-state index is 11.9. The average molecular weight is 383 g/mol. The van der Waals surface area contributed by atoms with Crippen molar-refractivity contribution in [1.29, 1.82) is 0 Å². The minimum Gasteiger partial charge on any atom is -0.491 e. The van der Waals surface area contributed by atoms with Crippen LogP contribution in [0.4, 0.5) is 0 Å². The number of aliphatic hydroxyl groups excluding tert-OH is 1. The van der Waals surface area contributed by atoms with E-state index in [-0.39, 0.29) is 25.7 Å². The van der Waals surface area contributed by atoms with Crippen LogP contribution in [0, 0.1) is 6.92 Å². The van der Waals surface area contributed by atoms with Crippen LogP contribution >= 0.6 is 0 Å². The first kappa shape index (κ1) is 19.4. The number of aliphatic hydroxyl groups is 1. The second-order valence-electron chi connectivity index (χ2n) is 6.33. The number of carbonyl (C=O) groups excluding carboxylic acids is 1. The third-order valence-electron chi connectivity index (χ3n) is 3.93. The van der Waals surface area contributed by atoms with Gasteiger partial charge in [0, 0.05) is 24.1 Å². The number of nitrogens with one attached hydrogen (secondary N) is 1. The number of fused-ring (bicyclic) bond motifs is 1. The summed E-state index contributed by atoms with van der Waals surface area (Å²) in [5, 5.41) is 13.3. The number of ether oxygens (including phenoxy) is 2. The summed E-state index contributed by atoms with van der Waals surface area (Å²) >= 11 is 0. The highest BCUT2D eigenvalue weighted by atomic mass is 16.5. The molecule has 3 aromatic rings. The van der Waals surface area contributed by atoms with Gasteiger partial charge in [0.25, 0.3) is 5.91 Å². The van der Waals surface area contributed by atoms with Gasteiger partial charge in [-0.1, -0.05) is 12.1 Å². The van der Waals surface area contributed by atoms with E-state index in [1.54, 1.807) is 30.3 Å². The van der Waals surface area contributed by atoms with Gasteiger partial charge in [-0.05, 0) is 42.8 Å². The molecule has 28 heavy (non-hydrogen) atoms. The van der Waals surface area contributed by atoms with E-state index in [0.717, 1.165) is 10.9 Å². The van der Waals surface area contributed by atoms with E-state index < -0.39 is 11.7 Å². The smallest absolute Gasteiger partial charge is 0.336 e. The fourth-order valence-electron chi connectivity index (χ4n) is 2.52. The lowest BCUT2D eigenvalue weighted by Crippen LogP contribution is -2.37. The number of amides is 1. The van der Waals surface area contributed by atoms with Gasteiger partial charge in [-0.15, -0.1) is 0 Å². The van der Waals surface area contributed by atoms with Gasteiger partial charge in [-0.2, -0.15) is 0 Å². The van der Waals surface area contributed by atoms with Crippen molar-refractivity contribution in [1.82, 2.24) is 5.32 Å². The molecule has 0 saturated carbocycles. The van der Waals surface area contributed by atoms with Crippen LogP contribution < -0.4 is 20.4 Å². The van der Waals surface area contributed by atoms with Gasteiger partial charge in [0.1, 0.15) is 29.8 Å². The maximum Gasteiger partial charge on any atom is 0.336 e. The molecule has 2 aromatic carbocycles. The number of aryl methyl sites for hydroxylation is 1. The van der Waals surface area contributed by atoms with Crippen molar-refractivity contribution in [2.24, 2.45) is 0 Å². The zero-order valence-corrected chi connectivity index (χ0v) is 15.4. The van der Waals surface area contributed by atoms with Gasteiger partial charge in [-0.25, -0.2) is 4.79 Å². The number of hydrogen-bond acceptors (Lipinski definition) is 6. The Hall–Kier alpha value is -3.32. The van der Waals surface area contributed by atoms with Gasteiger partial charge >= 0.3 is 5.63 Å². The maximum atomic E-state index is 11.9. The molecule has 1 amide bonds. The Bertz CT molecular complexity index is 1010. The number of carbonyl (C=O) groups is 1. The van der Waals surface area contributed by atoms with Crippen LogP contribution in [0.5, 0.6) is 11.5 Å². The molecular formula is C21H21NO6. The third-order valence-corrected chi connectivity index (χ3v) is 3.93. The largest absolute Gasteiger partial charge is 0.491 e. The fraction of sp³-hybridized carbons (Fsp3) is 0.238. The van der Waals surface area contributed by atoms with Gasteiger partial charge in [0.05, 0.1) is 0 Å². The van der Waals surface area contributed by atoms with Crippen LogP contribution in [0.15, 0.2) is 63.8 Å². The van der Waals surface area contributed by atoms with Crippen molar-refractivity contribution in [3.63, 3.8) is 0 Å². The number of hydrogen-bond donors (Lipinski definition) is 2. The number of rotatable bonds is 8. The SMILES string of the molecule is Cc1cccc(OCC(O)CNC(=O)COc2ccc3ccc(=O)oc3c2)c1. The quantitative estimate of drug-likeness (QED) is 0.578. The van der Waals surface area contributed by atoms with Crippen molar-refractivity contribution in [2.45, 2.75) is 13.0 Å². The molecule has 1 atom stereocenters. The summed E-state index contributed by atoms with van der Waals surface area (Å²) in [6.07, 6.45) is -0.848. The Kier molecular flexibility index (Phi) is 6.29. The molecule has 7 heteroatoms. The predicted molar refractivity (Wildman–Crippen MR) is 104 cm³/mol. The van der Waals surface area contributed by atoms with Gasteiger partial charge in [-0.3, -0.25) is 4.79 Å². The summed E-state index contributed by atoms with van der Waals surface area (Å²) < 4.78 is 16.0. The minimum absolute atomic E-state index is 0.0423. The molecule has 0 bridgehead atoms. The van der Waals surface area contributed by atoms with Crippen LogP contribution in [0.1, 0.15) is 5.56 Å². The second kappa shape index (κ2) is 9.05. The highest BCUT2D eigenvalue weighted by Gasteiger charge is 2.09. The molecular weight excluding hydrogens is 362 g/mol. The zero-order valence-electron chi connectivity index (χ0n) is 15.4. The van der Waals surface area contributed by atoms with Crippen molar-refractivity contribution in [3.05, 3.63) is 70.6 Å². The van der Waals surface area contributed by atoms with Crippen molar-refractivity contribution in [3.8, 4) is 11.5 Å². The summed E-state index contributed by atoms with van der Waals surface area (Å²) in [5.41, 5.74) is 0.990. The van der Waals surface area contributed by atoms with E-state index in [0.29, 0.717) is 17.1 Å². The van der Waals surface area contributed by atoms with E-state index in [4.69, 9.17) is 13.9 Å². The van der Waals surface area contributed by atoms with Crippen LogP contribution in [0.3, 0.4) is 0 Å². The van der Waals surface area contributed by atoms with E-state index in [1.807, 2.05) is 25.1 Å². The topological polar surface area (TPSA) is 98.0 Å².